The van der Waals surface area contributed by atoms with Crippen LogP contribution in [0.25, 0.3) is 11.4 Å². The molecule has 2 rings (SSSR count). The van der Waals surface area contributed by atoms with Crippen LogP contribution in [0.15, 0.2) is 54.9 Å². The van der Waals surface area contributed by atoms with Crippen LogP contribution < -0.4 is 11.1 Å². The van der Waals surface area contributed by atoms with E-state index in [1.54, 1.807) is 12.4 Å². The molecule has 1 aromatic carbocycles. The summed E-state index contributed by atoms with van der Waals surface area (Å²) in [6.45, 7) is 0. The van der Waals surface area contributed by atoms with Crippen LogP contribution in [0.3, 0.4) is 0 Å². The predicted octanol–water partition coefficient (Wildman–Crippen LogP) is 2.09. The van der Waals surface area contributed by atoms with Crippen LogP contribution in [-0.4, -0.2) is 12.0 Å². The lowest BCUT2D eigenvalue weighted by atomic mass is 10.1. The van der Waals surface area contributed by atoms with Crippen molar-refractivity contribution >= 4 is 11.4 Å². The monoisotopic (exact) mass is 225 g/mol. The average Bonchev–Trinajstić information content (AvgIpc) is 2.42. The Labute approximate surface area is 101 Å². The average molecular weight is 225 g/mol. The van der Waals surface area contributed by atoms with Crippen molar-refractivity contribution in [2.45, 2.75) is 0 Å². The molecule has 0 saturated carbocycles. The fraction of sp³-hybridized carbons (Fsp3) is 0.0714. The number of hydrogen-bond acceptors (Lipinski definition) is 3. The van der Waals surface area contributed by atoms with Crippen molar-refractivity contribution in [2.24, 2.45) is 5.73 Å². The highest BCUT2D eigenvalue weighted by Gasteiger charge is 2.06. The van der Waals surface area contributed by atoms with Crippen LogP contribution in [-0.2, 0) is 0 Å². The highest BCUT2D eigenvalue weighted by Crippen LogP contribution is 2.19. The van der Waals surface area contributed by atoms with Crippen LogP contribution in [0, 0.1) is 0 Å². The van der Waals surface area contributed by atoms with Gasteiger partial charge in [0.15, 0.2) is 0 Å². The van der Waals surface area contributed by atoms with E-state index in [1.165, 1.54) is 0 Å². The van der Waals surface area contributed by atoms with E-state index in [2.05, 4.69) is 10.3 Å². The molecule has 0 atom stereocenters. The summed E-state index contributed by atoms with van der Waals surface area (Å²) in [5.41, 5.74) is 9.87. The van der Waals surface area contributed by atoms with E-state index in [-0.39, 0.29) is 0 Å². The lowest BCUT2D eigenvalue weighted by Gasteiger charge is -2.12. The summed E-state index contributed by atoms with van der Waals surface area (Å²) in [4.78, 5) is 4.00. The van der Waals surface area contributed by atoms with Gasteiger partial charge < -0.3 is 11.1 Å². The fourth-order valence-electron chi connectivity index (χ4n) is 1.72. The maximum absolute atomic E-state index is 6.18. The Hall–Kier alpha value is -2.29. The van der Waals surface area contributed by atoms with Gasteiger partial charge in [-0.3, -0.25) is 4.98 Å². The number of nitrogens with one attached hydrogen (secondary N) is 1. The van der Waals surface area contributed by atoms with Crippen LogP contribution in [0.2, 0.25) is 0 Å². The topological polar surface area (TPSA) is 50.9 Å². The molecule has 17 heavy (non-hydrogen) atoms. The molecule has 0 aliphatic heterocycles. The number of pyridine rings is 1. The zero-order valence-corrected chi connectivity index (χ0v) is 9.72. The molecule has 0 radical (unpaired) electrons. The molecule has 3 heteroatoms. The Morgan fingerprint density at radius 2 is 1.65 bits per heavy atom. The first kappa shape index (κ1) is 11.2. The van der Waals surface area contributed by atoms with Crippen molar-refractivity contribution in [2.75, 3.05) is 7.05 Å². The fourth-order valence-corrected chi connectivity index (χ4v) is 1.72. The summed E-state index contributed by atoms with van der Waals surface area (Å²) in [5, 5.41) is 3.14. The molecule has 2 aromatic rings. The minimum atomic E-state index is 0.735. The largest absolute Gasteiger partial charge is 0.397 e. The first-order valence-electron chi connectivity index (χ1n) is 5.46. The summed E-state index contributed by atoms with van der Waals surface area (Å²) >= 11 is 0. The highest BCUT2D eigenvalue weighted by molar-refractivity contribution is 5.87. The molecule has 0 amide bonds. The predicted molar refractivity (Wildman–Crippen MR) is 70.7 cm³/mol. The molecule has 0 fully saturated rings. The first-order valence-corrected chi connectivity index (χ1v) is 5.46. The van der Waals surface area contributed by atoms with Crippen LogP contribution in [0.1, 0.15) is 11.1 Å². The van der Waals surface area contributed by atoms with Crippen molar-refractivity contribution in [3.8, 4) is 0 Å². The normalized spacial score (nSPS) is 11.8. The number of nitrogens with zero attached hydrogens (tertiary/aromatic N) is 1. The molecular weight excluding hydrogens is 210 g/mol. The molecule has 0 aliphatic carbocycles. The zero-order chi connectivity index (χ0) is 12.1. The van der Waals surface area contributed by atoms with Gasteiger partial charge in [-0.05, 0) is 17.7 Å². The third-order valence-corrected chi connectivity index (χ3v) is 2.57. The summed E-state index contributed by atoms with van der Waals surface area (Å²) in [7, 11) is 1.87. The van der Waals surface area contributed by atoms with E-state index >= 15 is 0 Å². The molecule has 86 valence electrons. The van der Waals surface area contributed by atoms with Crippen LogP contribution in [0.5, 0.6) is 0 Å². The maximum atomic E-state index is 6.18. The number of hydrogen-bond donors (Lipinski definition) is 2. The van der Waals surface area contributed by atoms with E-state index in [4.69, 9.17) is 5.73 Å². The van der Waals surface area contributed by atoms with Gasteiger partial charge in [0.05, 0.1) is 11.4 Å². The van der Waals surface area contributed by atoms with Crippen molar-refractivity contribution in [3.63, 3.8) is 0 Å². The third-order valence-electron chi connectivity index (χ3n) is 2.57. The Morgan fingerprint density at radius 1 is 1.00 bits per heavy atom. The van der Waals surface area contributed by atoms with Gasteiger partial charge in [0.1, 0.15) is 0 Å². The van der Waals surface area contributed by atoms with Gasteiger partial charge in [-0.2, -0.15) is 0 Å². The van der Waals surface area contributed by atoms with Crippen molar-refractivity contribution < 1.29 is 0 Å². The number of rotatable bonds is 3. The molecule has 1 heterocycles. The smallest absolute Gasteiger partial charge is 0.0652 e. The molecule has 0 saturated heterocycles. The van der Waals surface area contributed by atoms with Crippen LogP contribution in [0.4, 0.5) is 0 Å². The minimum Gasteiger partial charge on any atom is -0.397 e. The lowest BCUT2D eigenvalue weighted by Crippen LogP contribution is -2.12. The van der Waals surface area contributed by atoms with Crippen molar-refractivity contribution in [3.05, 3.63) is 66.0 Å². The van der Waals surface area contributed by atoms with E-state index in [1.807, 2.05) is 49.5 Å². The number of benzene rings is 1. The quantitative estimate of drug-likeness (QED) is 0.841. The second-order valence-corrected chi connectivity index (χ2v) is 3.64. The van der Waals surface area contributed by atoms with Crippen molar-refractivity contribution in [1.82, 2.24) is 10.3 Å². The molecule has 3 nitrogen and oxygen atoms in total. The molecule has 0 unspecified atom stereocenters. The van der Waals surface area contributed by atoms with Crippen molar-refractivity contribution in [1.29, 1.82) is 0 Å². The number of nitrogens with two attached hydrogens (primary N) is 1. The van der Waals surface area contributed by atoms with Gasteiger partial charge in [-0.25, -0.2) is 0 Å². The highest BCUT2D eigenvalue weighted by atomic mass is 14.9. The van der Waals surface area contributed by atoms with Gasteiger partial charge in [0.2, 0.25) is 0 Å². The van der Waals surface area contributed by atoms with Gasteiger partial charge in [-0.15, -0.1) is 0 Å². The Morgan fingerprint density at radius 3 is 2.24 bits per heavy atom. The maximum Gasteiger partial charge on any atom is 0.0652 e. The second-order valence-electron chi connectivity index (χ2n) is 3.64. The van der Waals surface area contributed by atoms with E-state index in [0.717, 1.165) is 22.5 Å². The molecule has 3 N–H and O–H groups in total. The Bertz CT molecular complexity index is 504. The molecule has 0 aliphatic rings. The molecule has 1 aromatic heterocycles. The SMILES string of the molecule is CN/C(=C(\N)c1ccccc1)c1ccncc1. The lowest BCUT2D eigenvalue weighted by molar-refractivity contribution is 1.12. The Balaban J connectivity index is 2.48. The van der Waals surface area contributed by atoms with E-state index < -0.39 is 0 Å². The van der Waals surface area contributed by atoms with Crippen LogP contribution >= 0.6 is 0 Å². The number of aromatic nitrogens is 1. The molecule has 0 bridgehead atoms. The standard InChI is InChI=1S/C14H15N3/c1-16-14(12-7-9-17-10-8-12)13(15)11-5-3-2-4-6-11/h2-10,16H,15H2,1H3/b14-13-. The third kappa shape index (κ3) is 2.45. The summed E-state index contributed by atoms with van der Waals surface area (Å²) < 4.78 is 0. The van der Waals surface area contributed by atoms with E-state index in [0.29, 0.717) is 0 Å². The minimum absolute atomic E-state index is 0.735. The van der Waals surface area contributed by atoms with E-state index in [9.17, 15) is 0 Å². The van der Waals surface area contributed by atoms with Gasteiger partial charge >= 0.3 is 0 Å². The molecular formula is C14H15N3. The summed E-state index contributed by atoms with van der Waals surface area (Å²) in [6, 6.07) is 13.8. The van der Waals surface area contributed by atoms with Gasteiger partial charge in [0.25, 0.3) is 0 Å². The summed E-state index contributed by atoms with van der Waals surface area (Å²) in [5.74, 6) is 0. The second kappa shape index (κ2) is 5.16. The first-order chi connectivity index (χ1) is 8.33. The zero-order valence-electron chi connectivity index (χ0n) is 9.72. The van der Waals surface area contributed by atoms with Gasteiger partial charge in [0, 0.05) is 25.0 Å². The summed E-state index contributed by atoms with van der Waals surface area (Å²) in [6.07, 6.45) is 3.51. The Kier molecular flexibility index (Phi) is 3.40. The van der Waals surface area contributed by atoms with Gasteiger partial charge in [-0.1, -0.05) is 30.3 Å². The molecule has 0 spiro atoms.